The Morgan fingerprint density at radius 2 is 1.68 bits per heavy atom. The molecule has 0 saturated heterocycles. The molecule has 0 spiro atoms. The molecule has 2 aromatic rings. The van der Waals surface area contributed by atoms with Gasteiger partial charge >= 0.3 is 0 Å². The molecule has 0 aromatic heterocycles. The molecule has 0 unspecified atom stereocenters. The normalized spacial score (nSPS) is 15.4. The Morgan fingerprint density at radius 1 is 1.04 bits per heavy atom. The first kappa shape index (κ1) is 17.1. The number of Topliss-reactive ketones (excluding diaryl/α,β-unsaturated/α-hetero) is 1. The van der Waals surface area contributed by atoms with Crippen molar-refractivity contribution in [1.29, 1.82) is 5.26 Å². The molecule has 0 N–H and O–H groups in total. The minimum absolute atomic E-state index is 0.0721. The maximum atomic E-state index is 12.6. The molecule has 0 saturated carbocycles. The molecule has 0 aliphatic heterocycles. The van der Waals surface area contributed by atoms with Crippen LogP contribution >= 0.6 is 11.8 Å². The second-order valence-electron chi connectivity index (χ2n) is 5.34. The number of fused-ring (bicyclic) bond motifs is 1. The molecule has 0 radical (unpaired) electrons. The monoisotopic (exact) mass is 368 g/mol. The van der Waals surface area contributed by atoms with Gasteiger partial charge in [-0.1, -0.05) is 42.0 Å². The summed E-state index contributed by atoms with van der Waals surface area (Å²) in [5.74, 6) is -0.311. The van der Waals surface area contributed by atoms with E-state index in [2.05, 4.69) is 4.40 Å². The molecule has 5 nitrogen and oxygen atoms in total. The molecule has 0 bridgehead atoms. The summed E-state index contributed by atoms with van der Waals surface area (Å²) in [5, 5.41) is 10.7. The van der Waals surface area contributed by atoms with E-state index < -0.39 is 10.0 Å². The zero-order valence-electron chi connectivity index (χ0n) is 13.1. The van der Waals surface area contributed by atoms with Gasteiger partial charge < -0.3 is 0 Å². The van der Waals surface area contributed by atoms with Gasteiger partial charge in [0.1, 0.15) is 5.40 Å². The van der Waals surface area contributed by atoms with Crippen molar-refractivity contribution >= 4 is 33.3 Å². The fourth-order valence-electron chi connectivity index (χ4n) is 2.40. The Bertz CT molecular complexity index is 1060. The second kappa shape index (κ2) is 6.67. The molecule has 1 aliphatic carbocycles. The molecule has 7 heteroatoms. The molecule has 0 heterocycles. The number of ketones is 1. The minimum atomic E-state index is -3.94. The predicted molar refractivity (Wildman–Crippen MR) is 97.0 cm³/mol. The van der Waals surface area contributed by atoms with Gasteiger partial charge in [-0.3, -0.25) is 4.79 Å². The third-order valence-corrected chi connectivity index (χ3v) is 5.55. The van der Waals surface area contributed by atoms with E-state index in [0.29, 0.717) is 22.9 Å². The van der Waals surface area contributed by atoms with Crippen LogP contribution in [0.25, 0.3) is 0 Å². The van der Waals surface area contributed by atoms with Gasteiger partial charge in [-0.2, -0.15) is 18.1 Å². The van der Waals surface area contributed by atoms with E-state index in [1.165, 1.54) is 18.2 Å². The number of carbonyl (C=O) groups excluding carboxylic acids is 1. The molecule has 124 valence electrons. The van der Waals surface area contributed by atoms with Crippen LogP contribution in [0.3, 0.4) is 0 Å². The van der Waals surface area contributed by atoms with E-state index in [1.807, 2.05) is 12.3 Å². The van der Waals surface area contributed by atoms with Crippen molar-refractivity contribution in [2.24, 2.45) is 4.40 Å². The average molecular weight is 368 g/mol. The predicted octanol–water partition coefficient (Wildman–Crippen LogP) is 3.47. The minimum Gasteiger partial charge on any atom is -0.288 e. The second-order valence-corrected chi connectivity index (χ2v) is 7.77. The topological polar surface area (TPSA) is 87.4 Å². The first-order valence-corrected chi connectivity index (χ1v) is 9.51. The number of hydrogen-bond acceptors (Lipinski definition) is 5. The van der Waals surface area contributed by atoms with Crippen LogP contribution in [-0.2, 0) is 10.0 Å². The van der Waals surface area contributed by atoms with Crippen molar-refractivity contribution in [3.8, 4) is 5.40 Å². The molecule has 1 aliphatic rings. The summed E-state index contributed by atoms with van der Waals surface area (Å²) in [6, 6.07) is 13.0. The standard InChI is InChI=1S/C18H12N2O3S2/c1-12-6-8-13(9-7-12)25(22,23)20-16-10-17(24-11-19)18(21)15-5-3-2-4-14(15)16/h2-10H,1H3/b20-16+. The van der Waals surface area contributed by atoms with E-state index in [-0.39, 0.29) is 21.3 Å². The van der Waals surface area contributed by atoms with Crippen LogP contribution in [-0.4, -0.2) is 19.9 Å². The lowest BCUT2D eigenvalue weighted by Crippen LogP contribution is -2.17. The lowest BCUT2D eigenvalue weighted by molar-refractivity contribution is 0.104. The van der Waals surface area contributed by atoms with Gasteiger partial charge in [-0.15, -0.1) is 0 Å². The molecular formula is C18H12N2O3S2. The highest BCUT2D eigenvalue weighted by atomic mass is 32.2. The number of aryl methyl sites for hydroxylation is 1. The van der Waals surface area contributed by atoms with E-state index in [9.17, 15) is 13.2 Å². The van der Waals surface area contributed by atoms with Crippen molar-refractivity contribution in [1.82, 2.24) is 0 Å². The molecule has 0 amide bonds. The Morgan fingerprint density at radius 3 is 2.32 bits per heavy atom. The van der Waals surface area contributed by atoms with Crippen LogP contribution in [0.1, 0.15) is 21.5 Å². The number of nitriles is 1. The first-order valence-electron chi connectivity index (χ1n) is 7.26. The lowest BCUT2D eigenvalue weighted by Gasteiger charge is -2.15. The van der Waals surface area contributed by atoms with Gasteiger partial charge in [0, 0.05) is 11.1 Å². The van der Waals surface area contributed by atoms with Crippen LogP contribution in [0.5, 0.6) is 0 Å². The molecule has 0 fully saturated rings. The zero-order chi connectivity index (χ0) is 18.0. The van der Waals surface area contributed by atoms with Crippen molar-refractivity contribution in [2.45, 2.75) is 11.8 Å². The molecule has 0 atom stereocenters. The maximum Gasteiger partial charge on any atom is 0.282 e. The van der Waals surface area contributed by atoms with Gasteiger partial charge in [-0.05, 0) is 36.9 Å². The van der Waals surface area contributed by atoms with Gasteiger partial charge in [0.25, 0.3) is 10.0 Å². The van der Waals surface area contributed by atoms with Crippen molar-refractivity contribution in [3.63, 3.8) is 0 Å². The van der Waals surface area contributed by atoms with Crippen LogP contribution in [0, 0.1) is 17.6 Å². The Kier molecular flexibility index (Phi) is 4.57. The third-order valence-electron chi connectivity index (χ3n) is 3.63. The highest BCUT2D eigenvalue weighted by Crippen LogP contribution is 2.29. The number of rotatable bonds is 3. The third kappa shape index (κ3) is 3.40. The van der Waals surface area contributed by atoms with Crippen LogP contribution in [0.4, 0.5) is 0 Å². The van der Waals surface area contributed by atoms with Crippen LogP contribution < -0.4 is 0 Å². The summed E-state index contributed by atoms with van der Waals surface area (Å²) in [5.41, 5.74) is 1.85. The van der Waals surface area contributed by atoms with E-state index in [1.54, 1.807) is 36.4 Å². The highest BCUT2D eigenvalue weighted by molar-refractivity contribution is 8.08. The molecule has 2 aromatic carbocycles. The zero-order valence-corrected chi connectivity index (χ0v) is 14.8. The van der Waals surface area contributed by atoms with Crippen molar-refractivity contribution < 1.29 is 13.2 Å². The largest absolute Gasteiger partial charge is 0.288 e. The summed E-state index contributed by atoms with van der Waals surface area (Å²) >= 11 is 0.693. The first-order chi connectivity index (χ1) is 11.9. The smallest absolute Gasteiger partial charge is 0.282 e. The summed E-state index contributed by atoms with van der Waals surface area (Å²) < 4.78 is 29.1. The summed E-state index contributed by atoms with van der Waals surface area (Å²) in [6.07, 6.45) is 1.35. The van der Waals surface area contributed by atoms with Gasteiger partial charge in [-0.25, -0.2) is 0 Å². The number of thiocyanates is 1. The van der Waals surface area contributed by atoms with Crippen LogP contribution in [0.2, 0.25) is 0 Å². The summed E-state index contributed by atoms with van der Waals surface area (Å²) in [7, 11) is -3.94. The average Bonchev–Trinajstić information content (AvgIpc) is 2.59. The number of allylic oxidation sites excluding steroid dienone is 2. The Balaban J connectivity index is 2.16. The van der Waals surface area contributed by atoms with E-state index >= 15 is 0 Å². The van der Waals surface area contributed by atoms with Gasteiger partial charge in [0.05, 0.1) is 15.5 Å². The number of thioether (sulfide) groups is 1. The number of benzene rings is 2. The molecule has 3 rings (SSSR count). The SMILES string of the molecule is Cc1ccc(S(=O)(=O)/N=C2\C=C(SC#N)C(=O)c3ccccc32)cc1. The quantitative estimate of drug-likeness (QED) is 0.774. The lowest BCUT2D eigenvalue weighted by atomic mass is 9.94. The number of sulfonamides is 1. The number of carbonyl (C=O) groups is 1. The highest BCUT2D eigenvalue weighted by Gasteiger charge is 2.26. The summed E-state index contributed by atoms with van der Waals surface area (Å²) in [6.45, 7) is 1.86. The molecule has 25 heavy (non-hydrogen) atoms. The van der Waals surface area contributed by atoms with Gasteiger partial charge in [0.15, 0.2) is 0 Å². The maximum absolute atomic E-state index is 12.6. The fourth-order valence-corrected chi connectivity index (χ4v) is 3.86. The van der Waals surface area contributed by atoms with Crippen LogP contribution in [0.15, 0.2) is 68.8 Å². The fraction of sp³-hybridized carbons (Fsp3) is 0.0556. The number of hydrogen-bond donors (Lipinski definition) is 0. The Hall–Kier alpha value is -2.69. The molecular weight excluding hydrogens is 356 g/mol. The van der Waals surface area contributed by atoms with E-state index in [0.717, 1.165) is 5.56 Å². The van der Waals surface area contributed by atoms with Crippen molar-refractivity contribution in [3.05, 3.63) is 76.2 Å². The van der Waals surface area contributed by atoms with E-state index in [4.69, 9.17) is 5.26 Å². The van der Waals surface area contributed by atoms with Gasteiger partial charge in [0.2, 0.25) is 5.78 Å². The Labute approximate surface area is 149 Å². The summed E-state index contributed by atoms with van der Waals surface area (Å²) in [4.78, 5) is 12.6. The van der Waals surface area contributed by atoms with Crippen molar-refractivity contribution in [2.75, 3.05) is 0 Å². The number of nitrogens with zero attached hydrogens (tertiary/aromatic N) is 2.